The van der Waals surface area contributed by atoms with Gasteiger partial charge in [0.25, 0.3) is 0 Å². The molecule has 2 fully saturated rings. The third kappa shape index (κ3) is 4.25. The molecule has 2 saturated heterocycles. The summed E-state index contributed by atoms with van der Waals surface area (Å²) in [5.74, 6) is -1.66. The second-order valence-electron chi connectivity index (χ2n) is 9.43. The van der Waals surface area contributed by atoms with Crippen LogP contribution in [0.4, 0.5) is 4.79 Å². The van der Waals surface area contributed by atoms with Crippen LogP contribution in [0.1, 0.15) is 36.3 Å². The number of carbonyl (C=O) groups excluding carboxylic acids is 2. The minimum absolute atomic E-state index is 0.0484. The van der Waals surface area contributed by atoms with Crippen LogP contribution in [0.25, 0.3) is 11.1 Å². The van der Waals surface area contributed by atoms with E-state index in [0.717, 1.165) is 35.1 Å². The van der Waals surface area contributed by atoms with Gasteiger partial charge in [0, 0.05) is 31.0 Å². The molecule has 2 aromatic carbocycles. The Hall–Kier alpha value is -3.39. The molecule has 0 saturated carbocycles. The van der Waals surface area contributed by atoms with Crippen LogP contribution < -0.4 is 5.32 Å². The normalized spacial score (nSPS) is 21.8. The topological polar surface area (TPSA) is 105 Å². The van der Waals surface area contributed by atoms with Gasteiger partial charge in [-0.05, 0) is 35.1 Å². The highest BCUT2D eigenvalue weighted by Crippen LogP contribution is 2.44. The van der Waals surface area contributed by atoms with Gasteiger partial charge in [0.15, 0.2) is 0 Å². The molecule has 2 heterocycles. The molecule has 0 aromatic heterocycles. The van der Waals surface area contributed by atoms with Crippen molar-refractivity contribution in [2.75, 3.05) is 32.9 Å². The van der Waals surface area contributed by atoms with Gasteiger partial charge >= 0.3 is 12.1 Å². The van der Waals surface area contributed by atoms with Crippen molar-refractivity contribution in [1.29, 1.82) is 0 Å². The molecule has 2 unspecified atom stereocenters. The van der Waals surface area contributed by atoms with Gasteiger partial charge in [-0.3, -0.25) is 9.59 Å². The van der Waals surface area contributed by atoms with Gasteiger partial charge in [0.05, 0.1) is 13.0 Å². The summed E-state index contributed by atoms with van der Waals surface area (Å²) in [6.45, 7) is 2.44. The van der Waals surface area contributed by atoms with Gasteiger partial charge < -0.3 is 24.8 Å². The molecule has 34 heavy (non-hydrogen) atoms. The van der Waals surface area contributed by atoms with Crippen LogP contribution in [0.5, 0.6) is 0 Å². The number of carboxylic acid groups (broad SMARTS) is 1. The summed E-state index contributed by atoms with van der Waals surface area (Å²) in [7, 11) is 0. The molecule has 2 N–H and O–H groups in total. The van der Waals surface area contributed by atoms with Crippen LogP contribution in [0.2, 0.25) is 0 Å². The van der Waals surface area contributed by atoms with Gasteiger partial charge in [-0.15, -0.1) is 0 Å². The number of fused-ring (bicyclic) bond motifs is 3. The lowest BCUT2D eigenvalue weighted by molar-refractivity contribution is -0.142. The summed E-state index contributed by atoms with van der Waals surface area (Å²) >= 11 is 0. The highest BCUT2D eigenvalue weighted by molar-refractivity contribution is 5.89. The summed E-state index contributed by atoms with van der Waals surface area (Å²) < 4.78 is 11.0. The third-order valence-electron chi connectivity index (χ3n) is 7.25. The Morgan fingerprint density at radius 2 is 1.76 bits per heavy atom. The van der Waals surface area contributed by atoms with Crippen molar-refractivity contribution >= 4 is 18.0 Å². The fraction of sp³-hybridized carbons (Fsp3) is 0.423. The predicted molar refractivity (Wildman–Crippen MR) is 123 cm³/mol. The van der Waals surface area contributed by atoms with Crippen molar-refractivity contribution in [2.24, 2.45) is 5.41 Å². The summed E-state index contributed by atoms with van der Waals surface area (Å²) in [5, 5.41) is 11.8. The second-order valence-corrected chi connectivity index (χ2v) is 9.43. The first kappa shape index (κ1) is 22.4. The number of hydrogen-bond acceptors (Lipinski definition) is 5. The Kier molecular flexibility index (Phi) is 6.00. The molecule has 3 aliphatic rings. The molecule has 1 spiro atoms. The number of rotatable bonds is 6. The number of aliphatic carboxylic acids is 1. The predicted octanol–water partition coefficient (Wildman–Crippen LogP) is 3.01. The monoisotopic (exact) mass is 464 g/mol. The Bertz CT molecular complexity index is 1060. The smallest absolute Gasteiger partial charge is 0.407 e. The average Bonchev–Trinajstić information content (AvgIpc) is 3.55. The van der Waals surface area contributed by atoms with E-state index in [0.29, 0.717) is 26.3 Å². The van der Waals surface area contributed by atoms with E-state index in [1.165, 1.54) is 0 Å². The van der Waals surface area contributed by atoms with Gasteiger partial charge in [-0.25, -0.2) is 4.79 Å². The van der Waals surface area contributed by atoms with Crippen LogP contribution in [-0.4, -0.2) is 66.9 Å². The quantitative estimate of drug-likeness (QED) is 0.681. The first-order valence-corrected chi connectivity index (χ1v) is 11.7. The standard InChI is InChI=1S/C26H28N2O6/c29-23(30)13-22(24(31)28-11-9-26(15-28)10-12-33-16-26)27-25(32)34-14-21-19-7-3-1-5-17(19)18-6-2-4-8-20(18)21/h1-8,21-22H,9-16H2,(H,27,32)(H,29,30). The molecule has 0 bridgehead atoms. The fourth-order valence-electron chi connectivity index (χ4n) is 5.47. The maximum Gasteiger partial charge on any atom is 0.407 e. The van der Waals surface area contributed by atoms with Crippen LogP contribution in [0.15, 0.2) is 48.5 Å². The largest absolute Gasteiger partial charge is 0.481 e. The Balaban J connectivity index is 1.24. The molecule has 2 aromatic rings. The van der Waals surface area contributed by atoms with Gasteiger partial charge in [-0.1, -0.05) is 48.5 Å². The highest BCUT2D eigenvalue weighted by Gasteiger charge is 2.44. The number of nitrogens with one attached hydrogen (secondary N) is 1. The summed E-state index contributed by atoms with van der Waals surface area (Å²) in [4.78, 5) is 38.8. The zero-order chi connectivity index (χ0) is 23.7. The van der Waals surface area contributed by atoms with E-state index in [-0.39, 0.29) is 23.8 Å². The minimum atomic E-state index is -1.18. The molecule has 2 aliphatic heterocycles. The number of carbonyl (C=O) groups is 3. The van der Waals surface area contributed by atoms with Crippen molar-refractivity contribution < 1.29 is 29.0 Å². The number of benzene rings is 2. The molecule has 2 amide bonds. The van der Waals surface area contributed by atoms with Gasteiger partial charge in [-0.2, -0.15) is 0 Å². The van der Waals surface area contributed by atoms with E-state index in [9.17, 15) is 19.5 Å². The lowest BCUT2D eigenvalue weighted by Crippen LogP contribution is -2.49. The van der Waals surface area contributed by atoms with E-state index < -0.39 is 24.5 Å². The maximum atomic E-state index is 13.1. The van der Waals surface area contributed by atoms with E-state index in [2.05, 4.69) is 5.32 Å². The first-order valence-electron chi connectivity index (χ1n) is 11.7. The lowest BCUT2D eigenvalue weighted by atomic mass is 9.87. The average molecular weight is 465 g/mol. The Morgan fingerprint density at radius 1 is 1.09 bits per heavy atom. The number of amides is 2. The minimum Gasteiger partial charge on any atom is -0.481 e. The molecule has 2 atom stereocenters. The number of nitrogens with zero attached hydrogens (tertiary/aromatic N) is 1. The van der Waals surface area contributed by atoms with Crippen LogP contribution in [0.3, 0.4) is 0 Å². The second kappa shape index (κ2) is 9.10. The molecular weight excluding hydrogens is 436 g/mol. The number of hydrogen-bond donors (Lipinski definition) is 2. The molecule has 8 nitrogen and oxygen atoms in total. The van der Waals surface area contributed by atoms with Crippen LogP contribution >= 0.6 is 0 Å². The molecular formula is C26H28N2O6. The van der Waals surface area contributed by atoms with Crippen molar-refractivity contribution in [1.82, 2.24) is 10.2 Å². The van der Waals surface area contributed by atoms with Crippen LogP contribution in [0, 0.1) is 5.41 Å². The molecule has 5 rings (SSSR count). The number of ether oxygens (including phenoxy) is 2. The third-order valence-corrected chi connectivity index (χ3v) is 7.25. The first-order chi connectivity index (χ1) is 16.5. The van der Waals surface area contributed by atoms with Crippen molar-refractivity contribution in [3.05, 3.63) is 59.7 Å². The lowest BCUT2D eigenvalue weighted by Gasteiger charge is -2.25. The summed E-state index contributed by atoms with van der Waals surface area (Å²) in [6.07, 6.45) is 0.423. The van der Waals surface area contributed by atoms with Gasteiger partial charge in [0.1, 0.15) is 12.6 Å². The van der Waals surface area contributed by atoms with E-state index in [4.69, 9.17) is 9.47 Å². The maximum absolute atomic E-state index is 13.1. The summed E-state index contributed by atoms with van der Waals surface area (Å²) in [5.41, 5.74) is 4.34. The number of alkyl carbamates (subject to hydrolysis) is 1. The Labute approximate surface area is 197 Å². The van der Waals surface area contributed by atoms with Crippen molar-refractivity contribution in [3.8, 4) is 11.1 Å². The number of likely N-dealkylation sites (tertiary alicyclic amines) is 1. The summed E-state index contributed by atoms with van der Waals surface area (Å²) in [6, 6.07) is 14.8. The molecule has 0 radical (unpaired) electrons. The van der Waals surface area contributed by atoms with Crippen LogP contribution in [-0.2, 0) is 19.1 Å². The molecule has 1 aliphatic carbocycles. The molecule has 178 valence electrons. The number of carboxylic acids is 1. The van der Waals surface area contributed by atoms with Crippen molar-refractivity contribution in [2.45, 2.75) is 31.2 Å². The highest BCUT2D eigenvalue weighted by atomic mass is 16.5. The zero-order valence-electron chi connectivity index (χ0n) is 18.9. The zero-order valence-corrected chi connectivity index (χ0v) is 18.9. The van der Waals surface area contributed by atoms with Crippen molar-refractivity contribution in [3.63, 3.8) is 0 Å². The van der Waals surface area contributed by atoms with E-state index >= 15 is 0 Å². The SMILES string of the molecule is O=C(O)CC(NC(=O)OCC1c2ccccc2-c2ccccc21)C(=O)N1CCC2(CCOC2)C1. The van der Waals surface area contributed by atoms with E-state index in [1.54, 1.807) is 4.90 Å². The van der Waals surface area contributed by atoms with E-state index in [1.807, 2.05) is 48.5 Å². The fourth-order valence-corrected chi connectivity index (χ4v) is 5.47. The Morgan fingerprint density at radius 3 is 2.38 bits per heavy atom. The van der Waals surface area contributed by atoms with Gasteiger partial charge in [0.2, 0.25) is 5.91 Å². The molecule has 8 heteroatoms.